The van der Waals surface area contributed by atoms with Gasteiger partial charge in [-0.1, -0.05) is 31.9 Å². The van der Waals surface area contributed by atoms with Gasteiger partial charge >= 0.3 is 0 Å². The van der Waals surface area contributed by atoms with Gasteiger partial charge in [-0.3, -0.25) is 9.59 Å². The van der Waals surface area contributed by atoms with Crippen LogP contribution in [-0.2, 0) is 4.79 Å². The molecule has 5 nitrogen and oxygen atoms in total. The average molecular weight is 313 g/mol. The smallest absolute Gasteiger partial charge is 0.252 e. The summed E-state index contributed by atoms with van der Waals surface area (Å²) in [6.45, 7) is 5.44. The minimum atomic E-state index is -0.601. The summed E-state index contributed by atoms with van der Waals surface area (Å²) < 4.78 is 0. The number of hydrogen-bond acceptors (Lipinski definition) is 3. The Kier molecular flexibility index (Phi) is 6.65. The monoisotopic (exact) mass is 312 g/mol. The first-order valence-corrected chi connectivity index (χ1v) is 7.26. The molecule has 1 aromatic rings. The fourth-order valence-electron chi connectivity index (χ4n) is 1.75. The molecule has 0 saturated heterocycles. The zero-order valence-corrected chi connectivity index (χ0v) is 13.2. The maximum atomic E-state index is 12.1. The van der Waals surface area contributed by atoms with E-state index in [1.54, 1.807) is 12.1 Å². The van der Waals surface area contributed by atoms with Crippen LogP contribution in [0.25, 0.3) is 0 Å². The molecule has 1 aromatic carbocycles. The van der Waals surface area contributed by atoms with Crippen molar-refractivity contribution in [2.45, 2.75) is 33.3 Å². The second-order valence-electron chi connectivity index (χ2n) is 5.04. The van der Waals surface area contributed by atoms with Crippen LogP contribution >= 0.6 is 11.6 Å². The van der Waals surface area contributed by atoms with Gasteiger partial charge in [-0.15, -0.1) is 0 Å². The molecule has 0 heterocycles. The van der Waals surface area contributed by atoms with Crippen LogP contribution in [0.15, 0.2) is 18.2 Å². The topological polar surface area (TPSA) is 78.4 Å². The molecule has 2 unspecified atom stereocenters. The van der Waals surface area contributed by atoms with Crippen molar-refractivity contribution in [3.05, 3.63) is 28.8 Å². The van der Waals surface area contributed by atoms with Crippen molar-refractivity contribution in [3.63, 3.8) is 0 Å². The van der Waals surface area contributed by atoms with Gasteiger partial charge in [0.2, 0.25) is 5.91 Å². The van der Waals surface area contributed by atoms with E-state index in [9.17, 15) is 14.7 Å². The van der Waals surface area contributed by atoms with Crippen LogP contribution in [0.4, 0.5) is 5.69 Å². The number of carbonyl (C=O) groups excluding carboxylic acids is 2. The van der Waals surface area contributed by atoms with E-state index in [4.69, 9.17) is 11.6 Å². The van der Waals surface area contributed by atoms with E-state index >= 15 is 0 Å². The van der Waals surface area contributed by atoms with E-state index in [0.717, 1.165) is 6.42 Å². The number of nitrogens with one attached hydrogen (secondary N) is 2. The predicted molar refractivity (Wildman–Crippen MR) is 83.6 cm³/mol. The molecule has 0 aliphatic heterocycles. The fourth-order valence-corrected chi connectivity index (χ4v) is 1.95. The van der Waals surface area contributed by atoms with Crippen molar-refractivity contribution >= 4 is 29.1 Å². The highest BCUT2D eigenvalue weighted by Crippen LogP contribution is 2.20. The Bertz CT molecular complexity index is 520. The van der Waals surface area contributed by atoms with Crippen LogP contribution in [0.1, 0.15) is 37.6 Å². The molecular formula is C15H21ClN2O3. The number of halogens is 1. The molecule has 2 atom stereocenters. The molecule has 0 saturated carbocycles. The first kappa shape index (κ1) is 17.5. The van der Waals surface area contributed by atoms with E-state index in [2.05, 4.69) is 10.6 Å². The molecule has 0 aliphatic carbocycles. The molecule has 0 aromatic heterocycles. The number of rotatable bonds is 6. The fraction of sp³-hybridized carbons (Fsp3) is 0.467. The molecule has 1 rings (SSSR count). The van der Waals surface area contributed by atoms with Gasteiger partial charge in [0.15, 0.2) is 0 Å². The molecule has 0 fully saturated rings. The van der Waals surface area contributed by atoms with Crippen molar-refractivity contribution < 1.29 is 14.7 Å². The normalized spacial score (nSPS) is 13.4. The van der Waals surface area contributed by atoms with Crippen molar-refractivity contribution in [1.82, 2.24) is 5.32 Å². The highest BCUT2D eigenvalue weighted by atomic mass is 35.5. The zero-order chi connectivity index (χ0) is 16.0. The minimum absolute atomic E-state index is 0.103. The van der Waals surface area contributed by atoms with Gasteiger partial charge in [0.1, 0.15) is 0 Å². The summed E-state index contributed by atoms with van der Waals surface area (Å²) >= 11 is 6.00. The van der Waals surface area contributed by atoms with E-state index < -0.39 is 6.10 Å². The number of aliphatic hydroxyl groups is 1. The zero-order valence-electron chi connectivity index (χ0n) is 12.4. The van der Waals surface area contributed by atoms with Crippen molar-refractivity contribution in [3.8, 4) is 0 Å². The lowest BCUT2D eigenvalue weighted by Gasteiger charge is -2.18. The van der Waals surface area contributed by atoms with E-state index in [1.807, 2.05) is 13.8 Å². The second-order valence-corrected chi connectivity index (χ2v) is 5.45. The Hall–Kier alpha value is -1.59. The molecular weight excluding hydrogens is 292 g/mol. The second kappa shape index (κ2) is 8.00. The Morgan fingerprint density at radius 3 is 2.62 bits per heavy atom. The van der Waals surface area contributed by atoms with E-state index in [0.29, 0.717) is 10.7 Å². The predicted octanol–water partition coefficient (Wildman–Crippen LogP) is 2.44. The van der Waals surface area contributed by atoms with Crippen LogP contribution in [0.2, 0.25) is 5.02 Å². The third kappa shape index (κ3) is 5.36. The molecule has 0 spiro atoms. The van der Waals surface area contributed by atoms with Crippen LogP contribution in [-0.4, -0.2) is 29.6 Å². The molecule has 21 heavy (non-hydrogen) atoms. The standard InChI is InChI=1S/C15H21ClN2O3/c1-4-9(2)14(20)8-17-15(21)12-7-11(18-10(3)19)5-6-13(12)16/h5-7,9,14,20H,4,8H2,1-3H3,(H,17,21)(H,18,19). The Morgan fingerprint density at radius 2 is 2.05 bits per heavy atom. The lowest BCUT2D eigenvalue weighted by Crippen LogP contribution is -2.35. The van der Waals surface area contributed by atoms with Gasteiger partial charge in [-0.2, -0.15) is 0 Å². The number of anilines is 1. The number of benzene rings is 1. The Morgan fingerprint density at radius 1 is 1.38 bits per heavy atom. The molecule has 3 N–H and O–H groups in total. The summed E-state index contributed by atoms with van der Waals surface area (Å²) in [6, 6.07) is 4.68. The average Bonchev–Trinajstić information content (AvgIpc) is 2.44. The first-order chi connectivity index (χ1) is 9.85. The van der Waals surface area contributed by atoms with E-state index in [1.165, 1.54) is 13.0 Å². The lowest BCUT2D eigenvalue weighted by atomic mass is 10.0. The number of carbonyl (C=O) groups is 2. The Balaban J connectivity index is 2.75. The first-order valence-electron chi connectivity index (χ1n) is 6.88. The molecule has 6 heteroatoms. The van der Waals surface area contributed by atoms with Gasteiger partial charge < -0.3 is 15.7 Å². The lowest BCUT2D eigenvalue weighted by molar-refractivity contribution is -0.114. The van der Waals surface area contributed by atoms with Crippen LogP contribution in [0.3, 0.4) is 0 Å². The van der Waals surface area contributed by atoms with Crippen LogP contribution < -0.4 is 10.6 Å². The van der Waals surface area contributed by atoms with Gasteiger partial charge in [0, 0.05) is 19.2 Å². The summed E-state index contributed by atoms with van der Waals surface area (Å²) in [5, 5.41) is 15.4. The van der Waals surface area contributed by atoms with Crippen molar-refractivity contribution in [2.24, 2.45) is 5.92 Å². The van der Waals surface area contributed by atoms with Crippen molar-refractivity contribution in [2.75, 3.05) is 11.9 Å². The third-order valence-electron chi connectivity index (χ3n) is 3.30. The van der Waals surface area contributed by atoms with Gasteiger partial charge in [-0.05, 0) is 24.1 Å². The molecule has 0 aliphatic rings. The van der Waals surface area contributed by atoms with Crippen molar-refractivity contribution in [1.29, 1.82) is 0 Å². The van der Waals surface area contributed by atoms with Crippen LogP contribution in [0, 0.1) is 5.92 Å². The molecule has 0 radical (unpaired) electrons. The maximum absolute atomic E-state index is 12.1. The summed E-state index contributed by atoms with van der Waals surface area (Å²) in [6.07, 6.45) is 0.228. The molecule has 116 valence electrons. The number of aliphatic hydroxyl groups excluding tert-OH is 1. The summed E-state index contributed by atoms with van der Waals surface area (Å²) in [5.41, 5.74) is 0.763. The maximum Gasteiger partial charge on any atom is 0.252 e. The van der Waals surface area contributed by atoms with Crippen LogP contribution in [0.5, 0.6) is 0 Å². The SMILES string of the molecule is CCC(C)C(O)CNC(=O)c1cc(NC(C)=O)ccc1Cl. The van der Waals surface area contributed by atoms with Gasteiger partial charge in [0.25, 0.3) is 5.91 Å². The Labute approximate surface area is 129 Å². The molecule has 2 amide bonds. The quantitative estimate of drug-likeness (QED) is 0.755. The highest BCUT2D eigenvalue weighted by Gasteiger charge is 2.16. The van der Waals surface area contributed by atoms with Gasteiger partial charge in [-0.25, -0.2) is 0 Å². The summed E-state index contributed by atoms with van der Waals surface area (Å²) in [4.78, 5) is 23.1. The van der Waals surface area contributed by atoms with E-state index in [-0.39, 0.29) is 29.8 Å². The summed E-state index contributed by atoms with van der Waals surface area (Å²) in [7, 11) is 0. The number of hydrogen-bond donors (Lipinski definition) is 3. The highest BCUT2D eigenvalue weighted by molar-refractivity contribution is 6.34. The number of amides is 2. The largest absolute Gasteiger partial charge is 0.391 e. The molecule has 0 bridgehead atoms. The third-order valence-corrected chi connectivity index (χ3v) is 3.63. The van der Waals surface area contributed by atoms with Gasteiger partial charge in [0.05, 0.1) is 16.7 Å². The summed E-state index contributed by atoms with van der Waals surface area (Å²) in [5.74, 6) is -0.503. The minimum Gasteiger partial charge on any atom is -0.391 e.